The zero-order valence-electron chi connectivity index (χ0n) is 6.70. The van der Waals surface area contributed by atoms with Crippen molar-refractivity contribution in [3.63, 3.8) is 0 Å². The Balaban J connectivity index is 2.85. The van der Waals surface area contributed by atoms with Crippen LogP contribution in [-0.2, 0) is 9.59 Å². The Hall–Kier alpha value is -1.12. The molecule has 0 aromatic carbocycles. The van der Waals surface area contributed by atoms with E-state index in [9.17, 15) is 9.59 Å². The van der Waals surface area contributed by atoms with Gasteiger partial charge in [-0.1, -0.05) is 13.0 Å². The number of Topliss-reactive ketones (excluding diaryl/α,β-unsaturated/α-hetero) is 1. The molecular weight excluding hydrogens is 142 g/mol. The summed E-state index contributed by atoms with van der Waals surface area (Å²) >= 11 is 0. The zero-order chi connectivity index (χ0) is 8.43. The van der Waals surface area contributed by atoms with Gasteiger partial charge in [-0.25, -0.2) is 0 Å². The first-order chi connectivity index (χ1) is 5.16. The first-order valence-corrected chi connectivity index (χ1v) is 3.66. The van der Waals surface area contributed by atoms with Gasteiger partial charge in [-0.2, -0.15) is 0 Å². The highest BCUT2D eigenvalue weighted by Crippen LogP contribution is 2.13. The molecule has 0 N–H and O–H groups in total. The number of allylic oxidation sites excluding steroid dienone is 1. The lowest BCUT2D eigenvalue weighted by Gasteiger charge is -2.19. The number of likely N-dealkylation sites (N-methyl/N-ethyl adjacent to an activating group) is 1. The number of rotatable bonds is 1. The summed E-state index contributed by atoms with van der Waals surface area (Å²) in [6.45, 7) is 1.89. The molecule has 1 amide bonds. The Morgan fingerprint density at radius 1 is 1.55 bits per heavy atom. The molecule has 3 heteroatoms. The molecule has 0 fully saturated rings. The van der Waals surface area contributed by atoms with Crippen molar-refractivity contribution in [2.75, 3.05) is 7.05 Å². The van der Waals surface area contributed by atoms with E-state index in [-0.39, 0.29) is 11.7 Å². The third-order valence-corrected chi connectivity index (χ3v) is 1.85. The van der Waals surface area contributed by atoms with Gasteiger partial charge in [0.15, 0.2) is 0 Å². The number of hydrogen-bond donors (Lipinski definition) is 0. The molecule has 0 aromatic heterocycles. The molecular formula is C8H11NO2. The molecule has 1 unspecified atom stereocenters. The lowest BCUT2D eigenvalue weighted by molar-refractivity contribution is -0.144. The average molecular weight is 153 g/mol. The molecule has 0 aliphatic carbocycles. The van der Waals surface area contributed by atoms with Gasteiger partial charge in [-0.15, -0.1) is 0 Å². The largest absolute Gasteiger partial charge is 0.316 e. The molecule has 11 heavy (non-hydrogen) atoms. The second kappa shape index (κ2) is 2.86. The van der Waals surface area contributed by atoms with E-state index in [2.05, 4.69) is 0 Å². The number of nitrogens with zero attached hydrogens (tertiary/aromatic N) is 1. The Kier molecular flexibility index (Phi) is 2.08. The first kappa shape index (κ1) is 7.98. The van der Waals surface area contributed by atoms with Crippen LogP contribution < -0.4 is 0 Å². The number of amides is 1. The van der Waals surface area contributed by atoms with E-state index < -0.39 is 5.91 Å². The fraction of sp³-hybridized carbons (Fsp3) is 0.500. The van der Waals surface area contributed by atoms with E-state index in [1.54, 1.807) is 19.3 Å². The van der Waals surface area contributed by atoms with Gasteiger partial charge in [-0.05, 0) is 6.42 Å². The highest BCUT2D eigenvalue weighted by atomic mass is 16.2. The highest BCUT2D eigenvalue weighted by Gasteiger charge is 2.27. The third kappa shape index (κ3) is 1.31. The van der Waals surface area contributed by atoms with Crippen LogP contribution in [0.3, 0.4) is 0 Å². The number of ketones is 1. The summed E-state index contributed by atoms with van der Waals surface area (Å²) in [6, 6.07) is 0. The normalized spacial score (nSPS) is 24.5. The predicted molar refractivity (Wildman–Crippen MR) is 40.7 cm³/mol. The van der Waals surface area contributed by atoms with E-state index in [4.69, 9.17) is 0 Å². The maximum Gasteiger partial charge on any atom is 0.294 e. The van der Waals surface area contributed by atoms with Crippen molar-refractivity contribution in [2.24, 2.45) is 5.92 Å². The SMILES string of the molecule is CCC1C=CN(C)C(=O)C1=O. The quantitative estimate of drug-likeness (QED) is 0.516. The molecule has 0 saturated heterocycles. The minimum Gasteiger partial charge on any atom is -0.316 e. The van der Waals surface area contributed by atoms with Crippen molar-refractivity contribution >= 4 is 11.7 Å². The smallest absolute Gasteiger partial charge is 0.294 e. The topological polar surface area (TPSA) is 37.4 Å². The lowest BCUT2D eigenvalue weighted by Crippen LogP contribution is -2.36. The van der Waals surface area contributed by atoms with Gasteiger partial charge < -0.3 is 4.90 Å². The van der Waals surface area contributed by atoms with Crippen molar-refractivity contribution in [1.29, 1.82) is 0 Å². The zero-order valence-corrected chi connectivity index (χ0v) is 6.70. The summed E-state index contributed by atoms with van der Waals surface area (Å²) < 4.78 is 0. The molecule has 1 heterocycles. The maximum atomic E-state index is 11.1. The van der Waals surface area contributed by atoms with Crippen molar-refractivity contribution in [3.8, 4) is 0 Å². The van der Waals surface area contributed by atoms with Crippen LogP contribution in [0.1, 0.15) is 13.3 Å². The molecule has 1 atom stereocenters. The van der Waals surface area contributed by atoms with E-state index in [0.717, 1.165) is 0 Å². The summed E-state index contributed by atoms with van der Waals surface area (Å²) in [4.78, 5) is 23.5. The van der Waals surface area contributed by atoms with Crippen LogP contribution in [0.2, 0.25) is 0 Å². The highest BCUT2D eigenvalue weighted by molar-refractivity contribution is 6.38. The maximum absolute atomic E-state index is 11.1. The second-order valence-corrected chi connectivity index (χ2v) is 2.64. The fourth-order valence-corrected chi connectivity index (χ4v) is 1.04. The summed E-state index contributed by atoms with van der Waals surface area (Å²) in [6.07, 6.45) is 4.12. The molecule has 3 nitrogen and oxygen atoms in total. The standard InChI is InChI=1S/C8H11NO2/c1-3-6-4-5-9(2)8(11)7(6)10/h4-6H,3H2,1-2H3. The van der Waals surface area contributed by atoms with Crippen LogP contribution in [0.25, 0.3) is 0 Å². The van der Waals surface area contributed by atoms with Crippen LogP contribution in [0.15, 0.2) is 12.3 Å². The van der Waals surface area contributed by atoms with E-state index >= 15 is 0 Å². The summed E-state index contributed by atoms with van der Waals surface area (Å²) in [5, 5.41) is 0. The summed E-state index contributed by atoms with van der Waals surface area (Å²) in [5.41, 5.74) is 0. The van der Waals surface area contributed by atoms with Gasteiger partial charge in [0.05, 0.1) is 0 Å². The molecule has 1 rings (SSSR count). The van der Waals surface area contributed by atoms with Crippen LogP contribution in [-0.4, -0.2) is 23.6 Å². The van der Waals surface area contributed by atoms with Crippen LogP contribution in [0.5, 0.6) is 0 Å². The number of carbonyl (C=O) groups is 2. The van der Waals surface area contributed by atoms with Crippen LogP contribution >= 0.6 is 0 Å². The molecule has 0 aromatic rings. The van der Waals surface area contributed by atoms with Gasteiger partial charge in [0.1, 0.15) is 0 Å². The minimum atomic E-state index is -0.403. The first-order valence-electron chi connectivity index (χ1n) is 3.66. The Morgan fingerprint density at radius 3 is 2.73 bits per heavy atom. The van der Waals surface area contributed by atoms with Crippen LogP contribution in [0, 0.1) is 5.92 Å². The molecule has 60 valence electrons. The monoisotopic (exact) mass is 153 g/mol. The molecule has 1 aliphatic heterocycles. The molecule has 0 saturated carbocycles. The molecule has 0 radical (unpaired) electrons. The average Bonchev–Trinajstić information content (AvgIpc) is 2.01. The minimum absolute atomic E-state index is 0.196. The Labute approximate surface area is 65.7 Å². The molecule has 0 spiro atoms. The van der Waals surface area contributed by atoms with Gasteiger partial charge in [0.2, 0.25) is 5.78 Å². The summed E-state index contributed by atoms with van der Waals surface area (Å²) in [7, 11) is 1.59. The van der Waals surface area contributed by atoms with Crippen molar-refractivity contribution in [1.82, 2.24) is 4.90 Å². The van der Waals surface area contributed by atoms with Gasteiger partial charge in [-0.3, -0.25) is 9.59 Å². The van der Waals surface area contributed by atoms with Crippen LogP contribution in [0.4, 0.5) is 0 Å². The van der Waals surface area contributed by atoms with E-state index in [1.165, 1.54) is 4.90 Å². The number of hydrogen-bond acceptors (Lipinski definition) is 2. The van der Waals surface area contributed by atoms with E-state index in [1.807, 2.05) is 6.92 Å². The molecule has 0 bridgehead atoms. The van der Waals surface area contributed by atoms with Crippen molar-refractivity contribution in [3.05, 3.63) is 12.3 Å². The van der Waals surface area contributed by atoms with Crippen molar-refractivity contribution < 1.29 is 9.59 Å². The predicted octanol–water partition coefficient (Wildman–Crippen LogP) is 0.567. The second-order valence-electron chi connectivity index (χ2n) is 2.64. The summed E-state index contributed by atoms with van der Waals surface area (Å²) in [5.74, 6) is -0.893. The van der Waals surface area contributed by atoms with Gasteiger partial charge in [0, 0.05) is 19.2 Å². The Morgan fingerprint density at radius 2 is 2.18 bits per heavy atom. The fourth-order valence-electron chi connectivity index (χ4n) is 1.04. The lowest BCUT2D eigenvalue weighted by atomic mass is 9.98. The van der Waals surface area contributed by atoms with E-state index in [0.29, 0.717) is 6.42 Å². The van der Waals surface area contributed by atoms with Crippen molar-refractivity contribution in [2.45, 2.75) is 13.3 Å². The number of carbonyl (C=O) groups excluding carboxylic acids is 2. The van der Waals surface area contributed by atoms with Gasteiger partial charge >= 0.3 is 0 Å². The third-order valence-electron chi connectivity index (χ3n) is 1.85. The molecule has 1 aliphatic rings. The Bertz CT molecular complexity index is 220. The van der Waals surface area contributed by atoms with Gasteiger partial charge in [0.25, 0.3) is 5.91 Å².